The number of hydrogen-bond donors (Lipinski definition) is 3. The molecule has 0 saturated heterocycles. The van der Waals surface area contributed by atoms with Gasteiger partial charge in [0.05, 0.1) is 6.10 Å². The Bertz CT molecular complexity index is 427. The number of aliphatic imine (C=N–C) groups is 1. The van der Waals surface area contributed by atoms with E-state index in [0.29, 0.717) is 18.9 Å². The van der Waals surface area contributed by atoms with Crippen LogP contribution >= 0.6 is 24.0 Å². The Hall–Kier alpha value is -0.820. The molecule has 2 unspecified atom stereocenters. The third-order valence-corrected chi connectivity index (χ3v) is 2.88. The number of nitrogens with one attached hydrogen (secondary N) is 1. The molecule has 4 nitrogen and oxygen atoms in total. The van der Waals surface area contributed by atoms with Gasteiger partial charge in [0.2, 0.25) is 0 Å². The Balaban J connectivity index is 0.00000400. The number of benzene rings is 1. The number of halogens is 1. The summed E-state index contributed by atoms with van der Waals surface area (Å²) in [5, 5.41) is 12.8. The summed E-state index contributed by atoms with van der Waals surface area (Å²) in [6.45, 7) is 8.50. The van der Waals surface area contributed by atoms with Crippen LogP contribution in [0.25, 0.3) is 0 Å². The first-order valence-corrected chi connectivity index (χ1v) is 7.09. The smallest absolute Gasteiger partial charge is 0.189 e. The predicted molar refractivity (Wildman–Crippen MR) is 100 cm³/mol. The number of aliphatic hydroxyl groups is 1. The zero-order valence-corrected chi connectivity index (χ0v) is 15.7. The summed E-state index contributed by atoms with van der Waals surface area (Å²) in [4.78, 5) is 4.41. The molecule has 0 bridgehead atoms. The summed E-state index contributed by atoms with van der Waals surface area (Å²) in [7, 11) is 0. The second-order valence-corrected chi connectivity index (χ2v) is 6.29. The molecule has 21 heavy (non-hydrogen) atoms. The molecule has 0 fully saturated rings. The SMILES string of the molecule is CC(O)CC(CN=C(N)NC(C)(C)C)c1ccccc1.I. The van der Waals surface area contributed by atoms with E-state index in [1.807, 2.05) is 39.0 Å². The lowest BCUT2D eigenvalue weighted by Gasteiger charge is -2.22. The topological polar surface area (TPSA) is 70.6 Å². The lowest BCUT2D eigenvalue weighted by Crippen LogP contribution is -2.45. The molecule has 5 heteroatoms. The Morgan fingerprint density at radius 3 is 2.33 bits per heavy atom. The molecule has 0 radical (unpaired) electrons. The van der Waals surface area contributed by atoms with E-state index >= 15 is 0 Å². The quantitative estimate of drug-likeness (QED) is 0.401. The number of nitrogens with two attached hydrogens (primary N) is 1. The van der Waals surface area contributed by atoms with Gasteiger partial charge in [-0.3, -0.25) is 4.99 Å². The predicted octanol–water partition coefficient (Wildman–Crippen LogP) is 2.86. The zero-order valence-electron chi connectivity index (χ0n) is 13.3. The van der Waals surface area contributed by atoms with Gasteiger partial charge < -0.3 is 16.2 Å². The van der Waals surface area contributed by atoms with Crippen LogP contribution in [-0.2, 0) is 0 Å². The molecule has 120 valence electrons. The number of aliphatic hydroxyl groups excluding tert-OH is 1. The van der Waals surface area contributed by atoms with E-state index in [4.69, 9.17) is 5.73 Å². The second-order valence-electron chi connectivity index (χ2n) is 6.29. The van der Waals surface area contributed by atoms with Gasteiger partial charge in [-0.1, -0.05) is 30.3 Å². The van der Waals surface area contributed by atoms with Gasteiger partial charge in [0.25, 0.3) is 0 Å². The normalized spacial score (nSPS) is 15.0. The summed E-state index contributed by atoms with van der Waals surface area (Å²) < 4.78 is 0. The monoisotopic (exact) mass is 405 g/mol. The van der Waals surface area contributed by atoms with Crippen molar-refractivity contribution in [3.63, 3.8) is 0 Å². The summed E-state index contributed by atoms with van der Waals surface area (Å²) in [6.07, 6.45) is 0.322. The zero-order chi connectivity index (χ0) is 15.2. The number of nitrogens with zero attached hydrogens (tertiary/aromatic N) is 1. The fourth-order valence-corrected chi connectivity index (χ4v) is 2.09. The van der Waals surface area contributed by atoms with Crippen LogP contribution in [0, 0.1) is 0 Å². The van der Waals surface area contributed by atoms with Crippen molar-refractivity contribution >= 4 is 29.9 Å². The highest BCUT2D eigenvalue weighted by atomic mass is 127. The minimum Gasteiger partial charge on any atom is -0.393 e. The van der Waals surface area contributed by atoms with Crippen LogP contribution in [0.5, 0.6) is 0 Å². The highest BCUT2D eigenvalue weighted by molar-refractivity contribution is 14.0. The molecule has 1 aromatic carbocycles. The maximum Gasteiger partial charge on any atom is 0.189 e. The average Bonchev–Trinajstić information content (AvgIpc) is 2.33. The number of guanidine groups is 1. The van der Waals surface area contributed by atoms with Crippen LogP contribution in [0.2, 0.25) is 0 Å². The molecule has 1 rings (SSSR count). The van der Waals surface area contributed by atoms with Gasteiger partial charge >= 0.3 is 0 Å². The summed E-state index contributed by atoms with van der Waals surface area (Å²) in [5.74, 6) is 0.626. The Labute approximate surface area is 145 Å². The minimum absolute atomic E-state index is 0. The standard InChI is InChI=1S/C16H27N3O.HI/c1-12(20)10-14(13-8-6-5-7-9-13)11-18-15(17)19-16(2,3)4;/h5-9,12,14,20H,10-11H2,1-4H3,(H3,17,18,19);1H. The van der Waals surface area contributed by atoms with Crippen LogP contribution in [0.3, 0.4) is 0 Å². The third kappa shape index (κ3) is 8.93. The molecule has 0 amide bonds. The first-order chi connectivity index (χ1) is 9.28. The van der Waals surface area contributed by atoms with E-state index in [0.717, 1.165) is 0 Å². The maximum absolute atomic E-state index is 9.64. The molecule has 0 spiro atoms. The fourth-order valence-electron chi connectivity index (χ4n) is 2.09. The molecule has 0 heterocycles. The van der Waals surface area contributed by atoms with E-state index in [1.165, 1.54) is 5.56 Å². The summed E-state index contributed by atoms with van der Waals surface area (Å²) in [5.41, 5.74) is 6.98. The third-order valence-electron chi connectivity index (χ3n) is 2.88. The second kappa shape index (κ2) is 9.25. The van der Waals surface area contributed by atoms with Crippen molar-refractivity contribution in [3.05, 3.63) is 35.9 Å². The van der Waals surface area contributed by atoms with E-state index in [1.54, 1.807) is 6.92 Å². The Morgan fingerprint density at radius 1 is 1.29 bits per heavy atom. The lowest BCUT2D eigenvalue weighted by molar-refractivity contribution is 0.175. The lowest BCUT2D eigenvalue weighted by atomic mass is 9.93. The van der Waals surface area contributed by atoms with Crippen molar-refractivity contribution in [2.45, 2.75) is 51.7 Å². The van der Waals surface area contributed by atoms with Crippen molar-refractivity contribution in [2.24, 2.45) is 10.7 Å². The van der Waals surface area contributed by atoms with Crippen LogP contribution in [0.15, 0.2) is 35.3 Å². The maximum atomic E-state index is 9.64. The summed E-state index contributed by atoms with van der Waals surface area (Å²) >= 11 is 0. The van der Waals surface area contributed by atoms with Crippen molar-refractivity contribution < 1.29 is 5.11 Å². The van der Waals surface area contributed by atoms with Crippen molar-refractivity contribution in [2.75, 3.05) is 6.54 Å². The molecule has 0 aliphatic rings. The first-order valence-electron chi connectivity index (χ1n) is 7.09. The number of rotatable bonds is 5. The molecule has 0 aliphatic carbocycles. The first kappa shape index (κ1) is 20.2. The van der Waals surface area contributed by atoms with E-state index in [9.17, 15) is 5.11 Å². The van der Waals surface area contributed by atoms with Crippen LogP contribution in [0.1, 0.15) is 45.6 Å². The molecule has 4 N–H and O–H groups in total. The summed E-state index contributed by atoms with van der Waals surface area (Å²) in [6, 6.07) is 10.1. The Morgan fingerprint density at radius 2 is 1.86 bits per heavy atom. The molecule has 2 atom stereocenters. The van der Waals surface area contributed by atoms with Crippen molar-refractivity contribution in [1.29, 1.82) is 0 Å². The molecular weight excluding hydrogens is 377 g/mol. The highest BCUT2D eigenvalue weighted by Gasteiger charge is 2.15. The van der Waals surface area contributed by atoms with Gasteiger partial charge in [-0.05, 0) is 39.7 Å². The van der Waals surface area contributed by atoms with Gasteiger partial charge in [-0.15, -0.1) is 24.0 Å². The largest absolute Gasteiger partial charge is 0.393 e. The van der Waals surface area contributed by atoms with Gasteiger partial charge in [0.1, 0.15) is 0 Å². The molecule has 1 aromatic rings. The van der Waals surface area contributed by atoms with E-state index in [-0.39, 0.29) is 41.5 Å². The average molecular weight is 405 g/mol. The van der Waals surface area contributed by atoms with Crippen LogP contribution in [-0.4, -0.2) is 29.3 Å². The van der Waals surface area contributed by atoms with Gasteiger partial charge in [0, 0.05) is 18.0 Å². The van der Waals surface area contributed by atoms with Crippen molar-refractivity contribution in [3.8, 4) is 0 Å². The molecular formula is C16H28IN3O. The van der Waals surface area contributed by atoms with E-state index < -0.39 is 0 Å². The fraction of sp³-hybridized carbons (Fsp3) is 0.562. The molecule has 0 saturated carbocycles. The molecule has 0 aromatic heterocycles. The van der Waals surface area contributed by atoms with Gasteiger partial charge in [0.15, 0.2) is 5.96 Å². The van der Waals surface area contributed by atoms with Crippen LogP contribution < -0.4 is 11.1 Å². The van der Waals surface area contributed by atoms with Crippen molar-refractivity contribution in [1.82, 2.24) is 5.32 Å². The Kier molecular flexibility index (Phi) is 8.89. The van der Waals surface area contributed by atoms with E-state index in [2.05, 4.69) is 22.4 Å². The highest BCUT2D eigenvalue weighted by Crippen LogP contribution is 2.21. The van der Waals surface area contributed by atoms with Gasteiger partial charge in [-0.25, -0.2) is 0 Å². The van der Waals surface area contributed by atoms with Gasteiger partial charge in [-0.2, -0.15) is 0 Å². The number of hydrogen-bond acceptors (Lipinski definition) is 2. The minimum atomic E-state index is -0.354. The van der Waals surface area contributed by atoms with Crippen LogP contribution in [0.4, 0.5) is 0 Å². The molecule has 0 aliphatic heterocycles.